The van der Waals surface area contributed by atoms with Crippen LogP contribution in [-0.2, 0) is 95.3 Å². The molecule has 21 heteroatoms. The molecular formula is C30H41NO20. The largest absolute Gasteiger partial charge is 0.463 e. The normalized spacial score (nSPS) is 21.8. The number of hydrogen-bond donors (Lipinski definition) is 1. The van der Waals surface area contributed by atoms with Crippen LogP contribution in [0.1, 0.15) is 62.3 Å². The Morgan fingerprint density at radius 1 is 0.510 bits per heavy atom. The van der Waals surface area contributed by atoms with Crippen LogP contribution in [0.5, 0.6) is 0 Å². The lowest BCUT2D eigenvalue weighted by Gasteiger charge is -2.44. The average Bonchev–Trinajstić information content (AvgIpc) is 2.96. The summed E-state index contributed by atoms with van der Waals surface area (Å²) in [6, 6.07) is 0. The van der Waals surface area contributed by atoms with Crippen molar-refractivity contribution in [3.05, 3.63) is 0 Å². The Morgan fingerprint density at radius 3 is 1.41 bits per heavy atom. The van der Waals surface area contributed by atoms with Gasteiger partial charge in [0.05, 0.1) is 0 Å². The van der Waals surface area contributed by atoms with Gasteiger partial charge in [-0.05, 0) is 0 Å². The van der Waals surface area contributed by atoms with Gasteiger partial charge in [0.2, 0.25) is 6.10 Å². The molecule has 0 radical (unpaired) electrons. The molecule has 1 amide bonds. The quantitative estimate of drug-likeness (QED) is 0.139. The minimum absolute atomic E-state index is 0.664. The van der Waals surface area contributed by atoms with Gasteiger partial charge in [-0.25, -0.2) is 0 Å². The Kier molecular flexibility index (Phi) is 17.4. The molecule has 1 heterocycles. The van der Waals surface area contributed by atoms with Crippen molar-refractivity contribution < 1.29 is 95.3 Å². The Morgan fingerprint density at radius 2 is 0.961 bits per heavy atom. The summed E-state index contributed by atoms with van der Waals surface area (Å²) in [5.41, 5.74) is 0. The summed E-state index contributed by atoms with van der Waals surface area (Å²) >= 11 is 0. The first-order valence-corrected chi connectivity index (χ1v) is 15.1. The van der Waals surface area contributed by atoms with Crippen LogP contribution in [0.4, 0.5) is 0 Å². The van der Waals surface area contributed by atoms with E-state index >= 15 is 0 Å². The van der Waals surface area contributed by atoms with E-state index in [4.69, 9.17) is 47.4 Å². The molecule has 51 heavy (non-hydrogen) atoms. The zero-order valence-corrected chi connectivity index (χ0v) is 29.3. The summed E-state index contributed by atoms with van der Waals surface area (Å²) in [5.74, 6) is -10.4. The van der Waals surface area contributed by atoms with E-state index in [0.717, 1.165) is 62.3 Å². The molecule has 286 valence electrons. The Bertz CT molecular complexity index is 1340. The van der Waals surface area contributed by atoms with Crippen molar-refractivity contribution in [2.45, 2.75) is 117 Å². The van der Waals surface area contributed by atoms with E-state index in [1.165, 1.54) is 0 Å². The lowest BCUT2D eigenvalue weighted by atomic mass is 9.96. The number of carbonyl (C=O) groups is 10. The van der Waals surface area contributed by atoms with Crippen LogP contribution in [0, 0.1) is 0 Å². The molecule has 0 saturated carbocycles. The van der Waals surface area contributed by atoms with Crippen LogP contribution in [0.15, 0.2) is 0 Å². The fraction of sp³-hybridized carbons (Fsp3) is 0.667. The van der Waals surface area contributed by atoms with E-state index in [2.05, 4.69) is 5.32 Å². The third kappa shape index (κ3) is 15.4. The zero-order valence-electron chi connectivity index (χ0n) is 29.3. The second-order valence-electron chi connectivity index (χ2n) is 10.8. The molecule has 1 saturated heterocycles. The minimum Gasteiger partial charge on any atom is -0.463 e. The van der Waals surface area contributed by atoms with Crippen LogP contribution < -0.4 is 5.32 Å². The summed E-state index contributed by atoms with van der Waals surface area (Å²) < 4.78 is 52.5. The SMILES string of the molecule is CC(=O)OC[C@H]1O[C@H](NC(=O)[C@H](OC(C)=O)[C@@H](OC(C)=O)[C@H](OC(C)=O)[C@@H](COC(C)=O)OC(C)=O)[C@H](OC(C)=O)[C@@H](OC(C)=O)[C@@H]1OC(C)=O. The van der Waals surface area contributed by atoms with Gasteiger partial charge in [0.1, 0.15) is 19.3 Å². The van der Waals surface area contributed by atoms with Gasteiger partial charge >= 0.3 is 53.7 Å². The van der Waals surface area contributed by atoms with Gasteiger partial charge < -0.3 is 52.7 Å². The third-order valence-electron chi connectivity index (χ3n) is 6.19. The first-order valence-electron chi connectivity index (χ1n) is 15.1. The molecule has 0 aromatic rings. The number of ether oxygens (including phenoxy) is 10. The Hall–Kier alpha value is -5.34. The van der Waals surface area contributed by atoms with Crippen molar-refractivity contribution in [2.24, 2.45) is 0 Å². The molecule has 1 aliphatic heterocycles. The highest BCUT2D eigenvalue weighted by molar-refractivity contribution is 5.85. The van der Waals surface area contributed by atoms with Gasteiger partial charge in [0, 0.05) is 62.3 Å². The van der Waals surface area contributed by atoms with Gasteiger partial charge in [-0.15, -0.1) is 0 Å². The van der Waals surface area contributed by atoms with Crippen LogP contribution in [-0.4, -0.2) is 128 Å². The summed E-state index contributed by atoms with van der Waals surface area (Å²) in [5, 5.41) is 2.25. The first kappa shape index (κ1) is 43.7. The smallest absolute Gasteiger partial charge is 0.303 e. The molecule has 21 nitrogen and oxygen atoms in total. The second kappa shape index (κ2) is 20.4. The Balaban J connectivity index is 3.88. The molecular weight excluding hydrogens is 694 g/mol. The number of esters is 9. The number of nitrogens with one attached hydrogen (secondary N) is 1. The maximum atomic E-state index is 14.1. The summed E-state index contributed by atoms with van der Waals surface area (Å²) in [7, 11) is 0. The highest BCUT2D eigenvalue weighted by Crippen LogP contribution is 2.29. The molecule has 0 aromatic heterocycles. The predicted molar refractivity (Wildman–Crippen MR) is 159 cm³/mol. The number of hydrogen-bond acceptors (Lipinski definition) is 20. The van der Waals surface area contributed by atoms with Crippen LogP contribution in [0.2, 0.25) is 0 Å². The number of carbonyl (C=O) groups excluding carboxylic acids is 10. The molecule has 1 N–H and O–H groups in total. The molecule has 1 fully saturated rings. The van der Waals surface area contributed by atoms with Crippen molar-refractivity contribution >= 4 is 59.6 Å². The van der Waals surface area contributed by atoms with Crippen molar-refractivity contribution in [3.63, 3.8) is 0 Å². The van der Waals surface area contributed by atoms with Crippen LogP contribution in [0.3, 0.4) is 0 Å². The van der Waals surface area contributed by atoms with Crippen LogP contribution >= 0.6 is 0 Å². The summed E-state index contributed by atoms with van der Waals surface area (Å²) in [6.07, 6.45) is -16.8. The molecule has 0 unspecified atom stereocenters. The van der Waals surface area contributed by atoms with Crippen molar-refractivity contribution in [1.29, 1.82) is 0 Å². The molecule has 0 aliphatic carbocycles. The lowest BCUT2D eigenvalue weighted by Crippen LogP contribution is -2.67. The van der Waals surface area contributed by atoms with Gasteiger partial charge in [-0.2, -0.15) is 0 Å². The van der Waals surface area contributed by atoms with Crippen molar-refractivity contribution in [3.8, 4) is 0 Å². The van der Waals surface area contributed by atoms with E-state index in [1.54, 1.807) is 0 Å². The fourth-order valence-corrected chi connectivity index (χ4v) is 4.66. The van der Waals surface area contributed by atoms with E-state index in [-0.39, 0.29) is 0 Å². The summed E-state index contributed by atoms with van der Waals surface area (Å²) in [4.78, 5) is 123. The molecule has 1 aliphatic rings. The number of rotatable bonds is 16. The number of amides is 1. The lowest BCUT2D eigenvalue weighted by molar-refractivity contribution is -0.257. The molecule has 9 atom stereocenters. The van der Waals surface area contributed by atoms with E-state index in [0.29, 0.717) is 0 Å². The molecule has 0 bridgehead atoms. The van der Waals surface area contributed by atoms with Gasteiger partial charge in [0.25, 0.3) is 5.91 Å². The highest BCUT2D eigenvalue weighted by Gasteiger charge is 2.54. The second-order valence-corrected chi connectivity index (χ2v) is 10.8. The van der Waals surface area contributed by atoms with Gasteiger partial charge in [-0.1, -0.05) is 0 Å². The molecule has 0 spiro atoms. The maximum Gasteiger partial charge on any atom is 0.303 e. The maximum absolute atomic E-state index is 14.1. The minimum atomic E-state index is -2.31. The summed E-state index contributed by atoms with van der Waals surface area (Å²) in [6.45, 7) is 7.01. The standard InChI is InChI=1S/C30H41NO20/c1-12(32)42-10-21(44-14(3)34)23(45-15(4)35)25(47-17(6)37)27(49-19(8)39)29(41)31-30-28(50-20(9)40)26(48-18(7)38)24(46-16(5)36)22(51-30)11-43-13(2)33/h21-28,30H,10-11H2,1-9H3,(H,31,41)/t21-,22-,23-,24-,25+,26+,27-,28-,30+/m1/s1. The monoisotopic (exact) mass is 735 g/mol. The van der Waals surface area contributed by atoms with Crippen molar-refractivity contribution in [2.75, 3.05) is 13.2 Å². The van der Waals surface area contributed by atoms with Gasteiger partial charge in [0.15, 0.2) is 42.9 Å². The zero-order chi connectivity index (χ0) is 39.2. The van der Waals surface area contributed by atoms with Gasteiger partial charge in [-0.3, -0.25) is 47.9 Å². The topological polar surface area (TPSA) is 275 Å². The molecule has 1 rings (SSSR count). The average molecular weight is 736 g/mol. The highest BCUT2D eigenvalue weighted by atomic mass is 16.7. The molecule has 0 aromatic carbocycles. The predicted octanol–water partition coefficient (Wildman–Crippen LogP) is -1.52. The Labute approximate surface area is 291 Å². The first-order chi connectivity index (χ1) is 23.6. The van der Waals surface area contributed by atoms with E-state index in [1.807, 2.05) is 0 Å². The fourth-order valence-electron chi connectivity index (χ4n) is 4.66. The van der Waals surface area contributed by atoms with E-state index < -0.39 is 128 Å². The third-order valence-corrected chi connectivity index (χ3v) is 6.19. The van der Waals surface area contributed by atoms with E-state index in [9.17, 15) is 47.9 Å². The van der Waals surface area contributed by atoms with Crippen LogP contribution in [0.25, 0.3) is 0 Å². The van der Waals surface area contributed by atoms with Crippen molar-refractivity contribution in [1.82, 2.24) is 5.32 Å².